The van der Waals surface area contributed by atoms with Crippen molar-refractivity contribution in [2.75, 3.05) is 12.4 Å². The van der Waals surface area contributed by atoms with Gasteiger partial charge in [-0.1, -0.05) is 53.8 Å². The number of para-hydroxylation sites is 1. The molecule has 41 heavy (non-hydrogen) atoms. The number of amides is 1. The van der Waals surface area contributed by atoms with Crippen molar-refractivity contribution < 1.29 is 13.9 Å². The lowest BCUT2D eigenvalue weighted by molar-refractivity contribution is -0.113. The van der Waals surface area contributed by atoms with Gasteiger partial charge in [0.25, 0.3) is 11.5 Å². The zero-order valence-corrected chi connectivity index (χ0v) is 25.1. The van der Waals surface area contributed by atoms with Crippen LogP contribution in [0.5, 0.6) is 5.75 Å². The first-order chi connectivity index (χ1) is 19.9. The Bertz CT molecular complexity index is 1950. The van der Waals surface area contributed by atoms with E-state index >= 15 is 0 Å². The van der Waals surface area contributed by atoms with Crippen LogP contribution in [0, 0.1) is 3.57 Å². The van der Waals surface area contributed by atoms with Crippen LogP contribution in [-0.4, -0.2) is 17.6 Å². The molecule has 0 saturated heterocycles. The molecule has 1 aliphatic heterocycles. The Labute approximate surface area is 253 Å². The largest absolute Gasteiger partial charge is 0.497 e. The molecule has 0 fully saturated rings. The molecule has 2 aromatic heterocycles. The van der Waals surface area contributed by atoms with Gasteiger partial charge in [0.1, 0.15) is 17.3 Å². The second-order valence-electron chi connectivity index (χ2n) is 9.38. The summed E-state index contributed by atoms with van der Waals surface area (Å²) in [6.07, 6.45) is 1.73. The van der Waals surface area contributed by atoms with Crippen molar-refractivity contribution in [1.82, 2.24) is 4.57 Å². The van der Waals surface area contributed by atoms with Crippen LogP contribution >= 0.6 is 33.9 Å². The van der Waals surface area contributed by atoms with Crippen molar-refractivity contribution in [3.63, 3.8) is 0 Å². The highest BCUT2D eigenvalue weighted by molar-refractivity contribution is 14.1. The highest BCUT2D eigenvalue weighted by Crippen LogP contribution is 2.32. The number of anilines is 1. The third-order valence-electron chi connectivity index (χ3n) is 6.76. The van der Waals surface area contributed by atoms with Gasteiger partial charge < -0.3 is 14.5 Å². The second-order valence-corrected chi connectivity index (χ2v) is 11.6. The summed E-state index contributed by atoms with van der Waals surface area (Å²) in [4.78, 5) is 32.8. The summed E-state index contributed by atoms with van der Waals surface area (Å²) in [7, 11) is 1.60. The maximum Gasteiger partial charge on any atom is 0.271 e. The van der Waals surface area contributed by atoms with E-state index in [1.54, 1.807) is 24.7 Å². The van der Waals surface area contributed by atoms with E-state index in [2.05, 4.69) is 27.9 Å². The maximum absolute atomic E-state index is 13.9. The van der Waals surface area contributed by atoms with Gasteiger partial charge in [0.15, 0.2) is 4.80 Å². The van der Waals surface area contributed by atoms with Crippen LogP contribution in [0.2, 0.25) is 0 Å². The lowest BCUT2D eigenvalue weighted by atomic mass is 9.95. The number of hydrogen-bond donors (Lipinski definition) is 1. The standard InChI is InChI=1S/C32H24IN3O4S/c1-19-28(30(37)35-23-6-4-3-5-7-23)29(21-10-14-24(39-2)15-11-21)36-31(38)27(41-32(36)34-19)18-25-16-17-26(40-25)20-8-12-22(33)13-9-20/h3-18,29H,1-2H3,(H,35,37)/b27-18+/t29-/m1/s1. The van der Waals surface area contributed by atoms with Gasteiger partial charge in [-0.2, -0.15) is 0 Å². The minimum atomic E-state index is -0.679. The van der Waals surface area contributed by atoms with Crippen LogP contribution in [0.15, 0.2) is 116 Å². The fourth-order valence-electron chi connectivity index (χ4n) is 4.76. The molecule has 0 spiro atoms. The summed E-state index contributed by atoms with van der Waals surface area (Å²) < 4.78 is 14.6. The third-order valence-corrected chi connectivity index (χ3v) is 8.46. The molecule has 204 valence electrons. The lowest BCUT2D eigenvalue weighted by Gasteiger charge is -2.25. The van der Waals surface area contributed by atoms with Gasteiger partial charge in [0.05, 0.1) is 29.0 Å². The molecule has 1 atom stereocenters. The summed E-state index contributed by atoms with van der Waals surface area (Å²) in [5.41, 5.74) is 3.08. The minimum Gasteiger partial charge on any atom is -0.497 e. The lowest BCUT2D eigenvalue weighted by Crippen LogP contribution is -2.40. The Morgan fingerprint density at radius 3 is 2.46 bits per heavy atom. The van der Waals surface area contributed by atoms with Crippen molar-refractivity contribution in [2.45, 2.75) is 13.0 Å². The number of thiazole rings is 1. The van der Waals surface area contributed by atoms with Crippen molar-refractivity contribution >= 4 is 51.6 Å². The van der Waals surface area contributed by atoms with Crippen LogP contribution in [0.4, 0.5) is 5.69 Å². The summed E-state index contributed by atoms with van der Waals surface area (Å²) >= 11 is 3.53. The van der Waals surface area contributed by atoms with Gasteiger partial charge in [0.2, 0.25) is 0 Å². The average Bonchev–Trinajstić information content (AvgIpc) is 3.57. The first kappa shape index (κ1) is 27.0. The van der Waals surface area contributed by atoms with Gasteiger partial charge in [0, 0.05) is 20.9 Å². The van der Waals surface area contributed by atoms with Gasteiger partial charge in [-0.15, -0.1) is 0 Å². The van der Waals surface area contributed by atoms with E-state index in [-0.39, 0.29) is 11.5 Å². The SMILES string of the molecule is COc1ccc([C@@H]2C(C(=O)Nc3ccccc3)=C(C)N=c3s/c(=C/c4ccc(-c5ccc(I)cc5)o4)c(=O)n32)cc1. The molecule has 0 saturated carbocycles. The zero-order chi connectivity index (χ0) is 28.5. The molecule has 9 heteroatoms. The number of halogens is 1. The van der Waals surface area contributed by atoms with E-state index in [1.807, 2.05) is 91.0 Å². The number of carbonyl (C=O) groups excluding carboxylic acids is 1. The van der Waals surface area contributed by atoms with Gasteiger partial charge in [-0.3, -0.25) is 14.2 Å². The third kappa shape index (κ3) is 5.42. The van der Waals surface area contributed by atoms with Gasteiger partial charge >= 0.3 is 0 Å². The van der Waals surface area contributed by atoms with E-state index in [0.717, 1.165) is 14.7 Å². The van der Waals surface area contributed by atoms with Crippen LogP contribution in [-0.2, 0) is 4.79 Å². The number of aromatic nitrogens is 1. The fourth-order valence-corrected chi connectivity index (χ4v) is 6.15. The van der Waals surface area contributed by atoms with Crippen LogP contribution in [0.1, 0.15) is 24.3 Å². The molecule has 1 amide bonds. The van der Waals surface area contributed by atoms with Crippen LogP contribution < -0.4 is 24.9 Å². The Morgan fingerprint density at radius 2 is 1.76 bits per heavy atom. The molecule has 3 aromatic carbocycles. The summed E-state index contributed by atoms with van der Waals surface area (Å²) in [5, 5.41) is 2.97. The number of furan rings is 1. The fraction of sp³-hybridized carbons (Fsp3) is 0.0938. The number of carbonyl (C=O) groups is 1. The molecule has 0 radical (unpaired) electrons. The molecule has 7 nitrogen and oxygen atoms in total. The molecule has 0 aliphatic carbocycles. The number of methoxy groups -OCH3 is 1. The number of benzene rings is 3. The number of fused-ring (bicyclic) bond motifs is 1. The Balaban J connectivity index is 1.45. The number of nitrogens with one attached hydrogen (secondary N) is 1. The zero-order valence-electron chi connectivity index (χ0n) is 22.1. The Kier molecular flexibility index (Phi) is 7.46. The summed E-state index contributed by atoms with van der Waals surface area (Å²) in [6.45, 7) is 1.80. The molecule has 0 unspecified atom stereocenters. The Hall–Kier alpha value is -4.22. The highest BCUT2D eigenvalue weighted by atomic mass is 127. The maximum atomic E-state index is 13.9. The number of allylic oxidation sites excluding steroid dienone is 1. The average molecular weight is 674 g/mol. The van der Waals surface area contributed by atoms with Crippen LogP contribution in [0.25, 0.3) is 17.4 Å². The summed E-state index contributed by atoms with van der Waals surface area (Å²) in [5.74, 6) is 1.63. The number of rotatable bonds is 6. The Morgan fingerprint density at radius 1 is 1.02 bits per heavy atom. The molecular weight excluding hydrogens is 649 g/mol. The first-order valence-electron chi connectivity index (χ1n) is 12.8. The van der Waals surface area contributed by atoms with E-state index in [0.29, 0.717) is 43.6 Å². The molecule has 6 rings (SSSR count). The normalized spacial score (nSPS) is 14.9. The number of hydrogen-bond acceptors (Lipinski definition) is 6. The second kappa shape index (κ2) is 11.3. The predicted octanol–water partition coefficient (Wildman–Crippen LogP) is 5.75. The monoisotopic (exact) mass is 673 g/mol. The minimum absolute atomic E-state index is 0.251. The van der Waals surface area contributed by atoms with Crippen LogP contribution in [0.3, 0.4) is 0 Å². The number of nitrogens with zero attached hydrogens (tertiary/aromatic N) is 2. The van der Waals surface area contributed by atoms with Crippen molar-refractivity contribution in [2.24, 2.45) is 4.99 Å². The predicted molar refractivity (Wildman–Crippen MR) is 169 cm³/mol. The van der Waals surface area contributed by atoms with E-state index < -0.39 is 6.04 Å². The van der Waals surface area contributed by atoms with Gasteiger partial charge in [-0.05, 0) is 83.6 Å². The molecule has 0 bridgehead atoms. The molecule has 5 aromatic rings. The highest BCUT2D eigenvalue weighted by Gasteiger charge is 2.32. The molecule has 1 N–H and O–H groups in total. The topological polar surface area (TPSA) is 85.8 Å². The van der Waals surface area contributed by atoms with Crippen molar-refractivity contribution in [3.8, 4) is 17.1 Å². The molecule has 1 aliphatic rings. The summed E-state index contributed by atoms with van der Waals surface area (Å²) in [6, 6.07) is 27.7. The van der Waals surface area contributed by atoms with E-state index in [1.165, 1.54) is 11.3 Å². The number of ether oxygens (including phenoxy) is 1. The quantitative estimate of drug-likeness (QED) is 0.233. The van der Waals surface area contributed by atoms with Gasteiger partial charge in [-0.25, -0.2) is 4.99 Å². The molecular formula is C32H24IN3O4S. The van der Waals surface area contributed by atoms with Crippen molar-refractivity contribution in [3.05, 3.63) is 137 Å². The van der Waals surface area contributed by atoms with E-state index in [4.69, 9.17) is 14.1 Å². The van der Waals surface area contributed by atoms with E-state index in [9.17, 15) is 9.59 Å². The van der Waals surface area contributed by atoms with Crippen molar-refractivity contribution in [1.29, 1.82) is 0 Å². The molecule has 3 heterocycles. The smallest absolute Gasteiger partial charge is 0.271 e. The first-order valence-corrected chi connectivity index (χ1v) is 14.7.